The van der Waals surface area contributed by atoms with Crippen LogP contribution in [0, 0.1) is 0 Å². The molecular weight excluding hydrogens is 212 g/mol. The SMILES string of the molecule is CCCc1c(N)ncnc1N(CC)C(C)CC. The molecule has 17 heavy (non-hydrogen) atoms. The molecule has 0 aliphatic carbocycles. The second-order valence-corrected chi connectivity index (χ2v) is 4.35. The Kier molecular flexibility index (Phi) is 5.19. The Balaban J connectivity index is 3.13. The van der Waals surface area contributed by atoms with Gasteiger partial charge in [0.25, 0.3) is 0 Å². The number of nitrogens with zero attached hydrogens (tertiary/aromatic N) is 3. The molecule has 0 aromatic carbocycles. The van der Waals surface area contributed by atoms with Gasteiger partial charge in [-0.2, -0.15) is 0 Å². The molecule has 0 aliphatic heterocycles. The summed E-state index contributed by atoms with van der Waals surface area (Å²) in [7, 11) is 0. The lowest BCUT2D eigenvalue weighted by atomic mass is 10.1. The molecule has 0 radical (unpaired) electrons. The van der Waals surface area contributed by atoms with Gasteiger partial charge in [0, 0.05) is 18.2 Å². The van der Waals surface area contributed by atoms with Crippen LogP contribution < -0.4 is 10.6 Å². The molecular formula is C13H24N4. The lowest BCUT2D eigenvalue weighted by Crippen LogP contribution is -2.34. The first-order valence-corrected chi connectivity index (χ1v) is 6.51. The number of hydrogen-bond acceptors (Lipinski definition) is 4. The van der Waals surface area contributed by atoms with Gasteiger partial charge in [-0.15, -0.1) is 0 Å². The Labute approximate surface area is 104 Å². The standard InChI is InChI=1S/C13H24N4/c1-5-8-11-12(14)15-9-16-13(11)17(7-3)10(4)6-2/h9-10H,5-8H2,1-4H3,(H2,14,15,16). The highest BCUT2D eigenvalue weighted by molar-refractivity contribution is 5.57. The van der Waals surface area contributed by atoms with Crippen LogP contribution in [-0.2, 0) is 6.42 Å². The molecule has 0 fully saturated rings. The summed E-state index contributed by atoms with van der Waals surface area (Å²) in [4.78, 5) is 10.8. The molecule has 0 saturated heterocycles. The highest BCUT2D eigenvalue weighted by atomic mass is 15.2. The average molecular weight is 236 g/mol. The van der Waals surface area contributed by atoms with Gasteiger partial charge in [0.05, 0.1) is 0 Å². The van der Waals surface area contributed by atoms with E-state index < -0.39 is 0 Å². The first kappa shape index (κ1) is 13.7. The zero-order chi connectivity index (χ0) is 12.8. The van der Waals surface area contributed by atoms with Gasteiger partial charge < -0.3 is 10.6 Å². The highest BCUT2D eigenvalue weighted by Crippen LogP contribution is 2.25. The maximum Gasteiger partial charge on any atom is 0.137 e. The number of aromatic nitrogens is 2. The molecule has 1 aromatic rings. The fourth-order valence-corrected chi connectivity index (χ4v) is 2.04. The van der Waals surface area contributed by atoms with E-state index in [-0.39, 0.29) is 0 Å². The van der Waals surface area contributed by atoms with Gasteiger partial charge in [-0.3, -0.25) is 0 Å². The van der Waals surface area contributed by atoms with E-state index in [9.17, 15) is 0 Å². The number of nitrogen functional groups attached to an aromatic ring is 1. The van der Waals surface area contributed by atoms with Crippen molar-refractivity contribution in [3.8, 4) is 0 Å². The molecule has 0 bridgehead atoms. The zero-order valence-electron chi connectivity index (χ0n) is 11.4. The van der Waals surface area contributed by atoms with Gasteiger partial charge in [0.1, 0.15) is 18.0 Å². The van der Waals surface area contributed by atoms with Crippen molar-refractivity contribution in [2.24, 2.45) is 0 Å². The molecule has 2 N–H and O–H groups in total. The van der Waals surface area contributed by atoms with Crippen molar-refractivity contribution in [2.75, 3.05) is 17.2 Å². The van der Waals surface area contributed by atoms with Crippen LogP contribution in [-0.4, -0.2) is 22.6 Å². The van der Waals surface area contributed by atoms with Crippen molar-refractivity contribution in [1.82, 2.24) is 9.97 Å². The normalized spacial score (nSPS) is 12.5. The van der Waals surface area contributed by atoms with Gasteiger partial charge in [-0.05, 0) is 26.7 Å². The minimum atomic E-state index is 0.477. The maximum absolute atomic E-state index is 5.96. The van der Waals surface area contributed by atoms with Crippen molar-refractivity contribution >= 4 is 11.6 Å². The second kappa shape index (κ2) is 6.42. The third kappa shape index (κ3) is 3.08. The van der Waals surface area contributed by atoms with Crippen molar-refractivity contribution in [3.63, 3.8) is 0 Å². The summed E-state index contributed by atoms with van der Waals surface area (Å²) >= 11 is 0. The van der Waals surface area contributed by atoms with Crippen LogP contribution in [0.5, 0.6) is 0 Å². The summed E-state index contributed by atoms with van der Waals surface area (Å²) in [6.45, 7) is 9.66. The maximum atomic E-state index is 5.96. The molecule has 96 valence electrons. The van der Waals surface area contributed by atoms with E-state index in [4.69, 9.17) is 5.73 Å². The monoisotopic (exact) mass is 236 g/mol. The van der Waals surface area contributed by atoms with E-state index in [1.54, 1.807) is 6.33 Å². The smallest absolute Gasteiger partial charge is 0.137 e. The Morgan fingerprint density at radius 3 is 2.53 bits per heavy atom. The lowest BCUT2D eigenvalue weighted by Gasteiger charge is -2.30. The van der Waals surface area contributed by atoms with Gasteiger partial charge in [0.2, 0.25) is 0 Å². The fraction of sp³-hybridized carbons (Fsp3) is 0.692. The van der Waals surface area contributed by atoms with Crippen LogP contribution in [0.3, 0.4) is 0 Å². The van der Waals surface area contributed by atoms with Crippen LogP contribution in [0.15, 0.2) is 6.33 Å². The minimum Gasteiger partial charge on any atom is -0.383 e. The van der Waals surface area contributed by atoms with Crippen molar-refractivity contribution < 1.29 is 0 Å². The largest absolute Gasteiger partial charge is 0.383 e. The number of anilines is 2. The Morgan fingerprint density at radius 2 is 2.00 bits per heavy atom. The zero-order valence-corrected chi connectivity index (χ0v) is 11.4. The van der Waals surface area contributed by atoms with Crippen LogP contribution in [0.25, 0.3) is 0 Å². The van der Waals surface area contributed by atoms with Gasteiger partial charge in [-0.25, -0.2) is 9.97 Å². The Bertz CT molecular complexity index is 351. The lowest BCUT2D eigenvalue weighted by molar-refractivity contribution is 0.618. The highest BCUT2D eigenvalue weighted by Gasteiger charge is 2.17. The summed E-state index contributed by atoms with van der Waals surface area (Å²) < 4.78 is 0. The van der Waals surface area contributed by atoms with E-state index in [1.165, 1.54) is 0 Å². The molecule has 1 atom stereocenters. The van der Waals surface area contributed by atoms with E-state index in [0.29, 0.717) is 11.9 Å². The topological polar surface area (TPSA) is 55.0 Å². The van der Waals surface area contributed by atoms with Crippen molar-refractivity contribution in [3.05, 3.63) is 11.9 Å². The average Bonchev–Trinajstić information content (AvgIpc) is 2.34. The first-order chi connectivity index (χ1) is 8.15. The van der Waals surface area contributed by atoms with Gasteiger partial charge >= 0.3 is 0 Å². The predicted octanol–water partition coefficient (Wildman–Crippen LogP) is 2.64. The van der Waals surface area contributed by atoms with E-state index in [2.05, 4.69) is 42.6 Å². The molecule has 4 heteroatoms. The molecule has 1 rings (SSSR count). The quantitative estimate of drug-likeness (QED) is 0.825. The summed E-state index contributed by atoms with van der Waals surface area (Å²) in [5.41, 5.74) is 7.06. The summed E-state index contributed by atoms with van der Waals surface area (Å²) in [5, 5.41) is 0. The third-order valence-electron chi connectivity index (χ3n) is 3.19. The van der Waals surface area contributed by atoms with Crippen LogP contribution in [0.1, 0.15) is 46.1 Å². The van der Waals surface area contributed by atoms with Crippen LogP contribution in [0.2, 0.25) is 0 Å². The minimum absolute atomic E-state index is 0.477. The number of nitrogens with two attached hydrogens (primary N) is 1. The summed E-state index contributed by atoms with van der Waals surface area (Å²) in [6.07, 6.45) is 4.66. The number of rotatable bonds is 6. The van der Waals surface area contributed by atoms with Crippen LogP contribution in [0.4, 0.5) is 11.6 Å². The summed E-state index contributed by atoms with van der Waals surface area (Å²) in [5.74, 6) is 1.63. The molecule has 4 nitrogen and oxygen atoms in total. The van der Waals surface area contributed by atoms with Crippen LogP contribution >= 0.6 is 0 Å². The molecule has 0 spiro atoms. The first-order valence-electron chi connectivity index (χ1n) is 6.51. The molecule has 0 aliphatic rings. The molecule has 0 amide bonds. The Hall–Kier alpha value is -1.32. The van der Waals surface area contributed by atoms with Crippen molar-refractivity contribution in [2.45, 2.75) is 53.0 Å². The number of hydrogen-bond donors (Lipinski definition) is 1. The summed E-state index contributed by atoms with van der Waals surface area (Å²) in [6, 6.07) is 0.477. The Morgan fingerprint density at radius 1 is 1.29 bits per heavy atom. The van der Waals surface area contributed by atoms with Gasteiger partial charge in [0.15, 0.2) is 0 Å². The molecule has 1 aromatic heterocycles. The predicted molar refractivity (Wildman–Crippen MR) is 73.2 cm³/mol. The molecule has 0 saturated carbocycles. The second-order valence-electron chi connectivity index (χ2n) is 4.35. The van der Waals surface area contributed by atoms with Gasteiger partial charge in [-0.1, -0.05) is 20.3 Å². The molecule has 1 heterocycles. The van der Waals surface area contributed by atoms with Crippen molar-refractivity contribution in [1.29, 1.82) is 0 Å². The van der Waals surface area contributed by atoms with E-state index in [0.717, 1.165) is 37.2 Å². The third-order valence-corrected chi connectivity index (χ3v) is 3.19. The fourth-order valence-electron chi connectivity index (χ4n) is 2.04. The van der Waals surface area contributed by atoms with E-state index >= 15 is 0 Å². The molecule has 1 unspecified atom stereocenters. The van der Waals surface area contributed by atoms with E-state index in [1.807, 2.05) is 0 Å².